The van der Waals surface area contributed by atoms with Crippen molar-refractivity contribution in [2.75, 3.05) is 138 Å². The van der Waals surface area contributed by atoms with Crippen molar-refractivity contribution in [2.45, 2.75) is 24.8 Å². The second kappa shape index (κ2) is 26.6. The number of piperidine rings is 1. The average molecular weight is 905 g/mol. The second-order valence-corrected chi connectivity index (χ2v) is 15.2. The zero-order chi connectivity index (χ0) is 45.6. The molecule has 0 aromatic heterocycles. The lowest BCUT2D eigenvalue weighted by atomic mass is 9.98. The molecule has 6 rings (SSSR count). The molecule has 3 aliphatic rings. The zero-order valence-electron chi connectivity index (χ0n) is 37.0. The van der Waals surface area contributed by atoms with E-state index < -0.39 is 29.7 Å². The number of imide groups is 2. The van der Waals surface area contributed by atoms with Gasteiger partial charge in [-0.25, -0.2) is 4.79 Å². The summed E-state index contributed by atoms with van der Waals surface area (Å²) in [5.41, 5.74) is 5.65. The van der Waals surface area contributed by atoms with Crippen LogP contribution in [0.4, 0.5) is 10.5 Å². The number of likely N-dealkylation sites (N-methyl/N-ethyl adjacent to an activating group) is 1. The van der Waals surface area contributed by atoms with Gasteiger partial charge >= 0.3 is 6.09 Å². The molecule has 0 spiro atoms. The normalized spacial score (nSPS) is 15.5. The van der Waals surface area contributed by atoms with E-state index in [0.717, 1.165) is 4.90 Å². The minimum atomic E-state index is -1.02. The minimum Gasteiger partial charge on any atom is -0.448 e. The summed E-state index contributed by atoms with van der Waals surface area (Å²) in [6.07, 6.45) is -0.218. The second-order valence-electron chi connectivity index (χ2n) is 15.2. The lowest BCUT2D eigenvalue weighted by Crippen LogP contribution is -2.54. The van der Waals surface area contributed by atoms with Crippen molar-refractivity contribution in [2.24, 2.45) is 0 Å². The quantitative estimate of drug-likeness (QED) is 0.0702. The average Bonchev–Trinajstić information content (AvgIpc) is 3.77. The van der Waals surface area contributed by atoms with Gasteiger partial charge in [0.25, 0.3) is 11.8 Å². The van der Waals surface area contributed by atoms with E-state index >= 15 is 0 Å². The van der Waals surface area contributed by atoms with E-state index in [-0.39, 0.29) is 42.6 Å². The van der Waals surface area contributed by atoms with Crippen LogP contribution in [-0.2, 0) is 52.2 Å². The first-order valence-corrected chi connectivity index (χ1v) is 22.1. The van der Waals surface area contributed by atoms with E-state index in [2.05, 4.69) is 34.9 Å². The molecule has 18 heteroatoms. The third-order valence-electron chi connectivity index (χ3n) is 10.9. The third-order valence-corrected chi connectivity index (χ3v) is 10.9. The fourth-order valence-electron chi connectivity index (χ4n) is 7.56. The molecule has 1 fully saturated rings. The Balaban J connectivity index is 0.651. The molecule has 18 nitrogen and oxygen atoms in total. The van der Waals surface area contributed by atoms with Gasteiger partial charge < -0.3 is 52.8 Å². The van der Waals surface area contributed by atoms with Gasteiger partial charge in [0.2, 0.25) is 11.8 Å². The Bertz CT molecular complexity index is 1990. The molecule has 2 aliphatic heterocycles. The van der Waals surface area contributed by atoms with Crippen LogP contribution in [0, 0.1) is 0 Å². The van der Waals surface area contributed by atoms with E-state index in [0.29, 0.717) is 124 Å². The molecule has 1 atom stereocenters. The van der Waals surface area contributed by atoms with Crippen molar-refractivity contribution >= 4 is 35.4 Å². The number of nitrogens with zero attached hydrogens (tertiary/aromatic N) is 2. The molecule has 2 N–H and O–H groups in total. The van der Waals surface area contributed by atoms with Crippen molar-refractivity contribution < 1.29 is 66.6 Å². The lowest BCUT2D eigenvalue weighted by Gasteiger charge is -2.27. The third kappa shape index (κ3) is 14.3. The van der Waals surface area contributed by atoms with E-state index in [9.17, 15) is 24.0 Å². The SMILES string of the molecule is CN(CCOCCOCCOCCOCCOCCOCCOCCOCCNc1cccc2c1C(=O)N(C1CCC(=O)NC1=O)C2=O)C(=O)OCC1c2ccccc2-c2ccccc21. The van der Waals surface area contributed by atoms with E-state index in [1.807, 2.05) is 24.3 Å². The molecule has 0 radical (unpaired) electrons. The van der Waals surface area contributed by atoms with Gasteiger partial charge in [-0.3, -0.25) is 29.4 Å². The maximum Gasteiger partial charge on any atom is 0.409 e. The summed E-state index contributed by atoms with van der Waals surface area (Å²) in [5.74, 6) is -2.16. The number of ether oxygens (including phenoxy) is 9. The maximum atomic E-state index is 13.2. The number of carbonyl (C=O) groups excluding carboxylic acids is 5. The zero-order valence-corrected chi connectivity index (χ0v) is 37.0. The number of benzene rings is 3. The number of rotatable bonds is 31. The van der Waals surface area contributed by atoms with Crippen molar-refractivity contribution in [1.82, 2.24) is 15.1 Å². The van der Waals surface area contributed by atoms with Gasteiger partial charge in [0.05, 0.1) is 117 Å². The summed E-state index contributed by atoms with van der Waals surface area (Å²) < 4.78 is 50.1. The van der Waals surface area contributed by atoms with Gasteiger partial charge in [-0.2, -0.15) is 0 Å². The Kier molecular flexibility index (Phi) is 20.1. The molecule has 0 bridgehead atoms. The molecule has 3 aromatic carbocycles. The van der Waals surface area contributed by atoms with Crippen LogP contribution < -0.4 is 10.6 Å². The molecule has 1 aliphatic carbocycles. The van der Waals surface area contributed by atoms with E-state index in [1.54, 1.807) is 25.2 Å². The van der Waals surface area contributed by atoms with Crippen LogP contribution in [0.3, 0.4) is 0 Å². The van der Waals surface area contributed by atoms with Gasteiger partial charge in [-0.15, -0.1) is 0 Å². The smallest absolute Gasteiger partial charge is 0.409 e. The molecule has 1 unspecified atom stereocenters. The molecule has 0 saturated carbocycles. The Morgan fingerprint density at radius 2 is 1.09 bits per heavy atom. The fourth-order valence-corrected chi connectivity index (χ4v) is 7.56. The highest BCUT2D eigenvalue weighted by Gasteiger charge is 2.45. The van der Waals surface area contributed by atoms with Crippen molar-refractivity contribution in [1.29, 1.82) is 0 Å². The molecule has 1 saturated heterocycles. The summed E-state index contributed by atoms with van der Waals surface area (Å²) in [6, 6.07) is 20.4. The molecule has 352 valence electrons. The van der Waals surface area contributed by atoms with Crippen LogP contribution in [-0.4, -0.2) is 178 Å². The van der Waals surface area contributed by atoms with Crippen LogP contribution in [0.5, 0.6) is 0 Å². The molecule has 2 heterocycles. The fraction of sp³-hybridized carbons (Fsp3) is 0.511. The van der Waals surface area contributed by atoms with Crippen LogP contribution in [0.2, 0.25) is 0 Å². The van der Waals surface area contributed by atoms with Crippen molar-refractivity contribution in [3.05, 3.63) is 89.0 Å². The summed E-state index contributed by atoms with van der Waals surface area (Å²) in [6.45, 7) is 7.71. The largest absolute Gasteiger partial charge is 0.448 e. The Labute approximate surface area is 379 Å². The predicted octanol–water partition coefficient (Wildman–Crippen LogP) is 3.51. The van der Waals surface area contributed by atoms with Gasteiger partial charge in [-0.1, -0.05) is 54.6 Å². The molecule has 3 aromatic rings. The minimum absolute atomic E-state index is 0.0237. The Hall–Kier alpha value is -5.31. The number of anilines is 1. The highest BCUT2D eigenvalue weighted by molar-refractivity contribution is 6.25. The first-order chi connectivity index (χ1) is 31.8. The van der Waals surface area contributed by atoms with Crippen molar-refractivity contribution in [3.63, 3.8) is 0 Å². The summed E-state index contributed by atoms with van der Waals surface area (Å²) in [7, 11) is 1.70. The van der Waals surface area contributed by atoms with Gasteiger partial charge in [-0.05, 0) is 40.8 Å². The van der Waals surface area contributed by atoms with Crippen LogP contribution >= 0.6 is 0 Å². The van der Waals surface area contributed by atoms with Crippen LogP contribution in [0.1, 0.15) is 50.6 Å². The standard InChI is InChI=1S/C47H60N4O14/c1-50(47(56)65-33-39-36-9-4-2-7-34(36)35-8-3-5-10-37(35)39)16-18-58-20-22-60-24-26-62-28-30-64-32-31-63-29-27-61-25-23-59-21-19-57-17-15-48-40-12-6-11-38-43(40)46(55)51(45(38)54)41-13-14-42(52)49-44(41)53/h2-12,39,41,48H,13-33H2,1H3,(H,49,52,53). The number of carbonyl (C=O) groups is 5. The van der Waals surface area contributed by atoms with E-state index in [4.69, 9.17) is 42.6 Å². The summed E-state index contributed by atoms with van der Waals surface area (Å²) in [4.78, 5) is 65.1. The predicted molar refractivity (Wildman–Crippen MR) is 236 cm³/mol. The van der Waals surface area contributed by atoms with Crippen molar-refractivity contribution in [3.8, 4) is 11.1 Å². The topological polar surface area (TPSA) is 199 Å². The van der Waals surface area contributed by atoms with Gasteiger partial charge in [0, 0.05) is 38.2 Å². The van der Waals surface area contributed by atoms with E-state index in [1.165, 1.54) is 27.2 Å². The molecule has 65 heavy (non-hydrogen) atoms. The molecule has 5 amide bonds. The molecular weight excluding hydrogens is 845 g/mol. The van der Waals surface area contributed by atoms with Gasteiger partial charge in [0.1, 0.15) is 12.6 Å². The number of hydrogen-bond donors (Lipinski definition) is 2. The number of hydrogen-bond acceptors (Lipinski definition) is 15. The Morgan fingerprint density at radius 3 is 1.62 bits per heavy atom. The summed E-state index contributed by atoms with van der Waals surface area (Å²) >= 11 is 0. The summed E-state index contributed by atoms with van der Waals surface area (Å²) in [5, 5.41) is 5.33. The first kappa shape index (κ1) is 49.1. The van der Waals surface area contributed by atoms with Crippen LogP contribution in [0.25, 0.3) is 11.1 Å². The number of amides is 5. The highest BCUT2D eigenvalue weighted by Crippen LogP contribution is 2.44. The molecular formula is C47H60N4O14. The number of fused-ring (bicyclic) bond motifs is 4. The van der Waals surface area contributed by atoms with Gasteiger partial charge in [0.15, 0.2) is 0 Å². The van der Waals surface area contributed by atoms with Crippen LogP contribution in [0.15, 0.2) is 66.7 Å². The highest BCUT2D eigenvalue weighted by atomic mass is 16.6. The maximum absolute atomic E-state index is 13.2. The number of nitrogens with one attached hydrogen (secondary N) is 2. The Morgan fingerprint density at radius 1 is 0.615 bits per heavy atom. The lowest BCUT2D eigenvalue weighted by molar-refractivity contribution is -0.136. The monoisotopic (exact) mass is 904 g/mol. The first-order valence-electron chi connectivity index (χ1n) is 22.1.